The molecule has 1 aromatic heterocycles. The highest BCUT2D eigenvalue weighted by atomic mass is 35.5. The molecule has 0 aliphatic heterocycles. The van der Waals surface area contributed by atoms with Crippen molar-refractivity contribution in [1.82, 2.24) is 10.1 Å². The fourth-order valence-electron chi connectivity index (χ4n) is 2.43. The van der Waals surface area contributed by atoms with Gasteiger partial charge >= 0.3 is 0 Å². The molecule has 0 radical (unpaired) electrons. The van der Waals surface area contributed by atoms with Gasteiger partial charge in [0.15, 0.2) is 0 Å². The van der Waals surface area contributed by atoms with E-state index in [9.17, 15) is 4.79 Å². The van der Waals surface area contributed by atoms with Crippen LogP contribution in [0.2, 0.25) is 5.02 Å². The van der Waals surface area contributed by atoms with Crippen LogP contribution in [0.1, 0.15) is 23.4 Å². The van der Waals surface area contributed by atoms with Crippen LogP contribution in [0.15, 0.2) is 47.0 Å². The van der Waals surface area contributed by atoms with Crippen molar-refractivity contribution >= 4 is 23.2 Å². The fourth-order valence-corrected chi connectivity index (χ4v) is 2.65. The first-order chi connectivity index (χ1) is 12.0. The molecule has 5 nitrogen and oxygen atoms in total. The summed E-state index contributed by atoms with van der Waals surface area (Å²) in [7, 11) is 0. The minimum Gasteiger partial charge on any atom is -0.339 e. The van der Waals surface area contributed by atoms with E-state index < -0.39 is 0 Å². The van der Waals surface area contributed by atoms with Crippen molar-refractivity contribution in [3.63, 3.8) is 0 Å². The molecule has 0 aliphatic rings. The molecule has 1 heterocycles. The normalized spacial score (nSPS) is 10.7. The van der Waals surface area contributed by atoms with Crippen molar-refractivity contribution < 1.29 is 9.32 Å². The first-order valence-electron chi connectivity index (χ1n) is 7.98. The van der Waals surface area contributed by atoms with Gasteiger partial charge in [0.1, 0.15) is 0 Å². The summed E-state index contributed by atoms with van der Waals surface area (Å²) in [5, 5.41) is 7.41. The summed E-state index contributed by atoms with van der Waals surface area (Å²) >= 11 is 6.13. The van der Waals surface area contributed by atoms with E-state index in [0.717, 1.165) is 16.8 Å². The van der Waals surface area contributed by atoms with Crippen LogP contribution in [0.5, 0.6) is 0 Å². The van der Waals surface area contributed by atoms with Gasteiger partial charge in [-0.1, -0.05) is 41.0 Å². The standard InChI is InChI=1S/C19H18ClN3O2/c1-12-6-5-9-16(13(12)2)21-17(24)10-11-18-22-19(23-25-18)14-7-3-4-8-15(14)20/h3-9H,10-11H2,1-2H3,(H,21,24). The maximum atomic E-state index is 12.2. The third-order valence-corrected chi connectivity index (χ3v) is 4.36. The zero-order chi connectivity index (χ0) is 17.8. The summed E-state index contributed by atoms with van der Waals surface area (Å²) in [6.07, 6.45) is 0.631. The molecule has 6 heteroatoms. The quantitative estimate of drug-likeness (QED) is 0.727. The largest absolute Gasteiger partial charge is 0.339 e. The second kappa shape index (κ2) is 7.49. The van der Waals surface area contributed by atoms with Crippen LogP contribution >= 0.6 is 11.6 Å². The van der Waals surface area contributed by atoms with E-state index in [1.165, 1.54) is 0 Å². The monoisotopic (exact) mass is 355 g/mol. The lowest BCUT2D eigenvalue weighted by molar-refractivity contribution is -0.116. The van der Waals surface area contributed by atoms with Crippen molar-refractivity contribution in [2.24, 2.45) is 0 Å². The molecular weight excluding hydrogens is 338 g/mol. The van der Waals surface area contributed by atoms with Gasteiger partial charge in [-0.25, -0.2) is 0 Å². The summed E-state index contributed by atoms with van der Waals surface area (Å²) in [5.74, 6) is 0.743. The molecule has 0 aliphatic carbocycles. The molecule has 2 aromatic carbocycles. The van der Waals surface area contributed by atoms with E-state index in [4.69, 9.17) is 16.1 Å². The highest BCUT2D eigenvalue weighted by Crippen LogP contribution is 2.25. The Morgan fingerprint density at radius 2 is 1.96 bits per heavy atom. The number of nitrogens with zero attached hydrogens (tertiary/aromatic N) is 2. The minimum absolute atomic E-state index is 0.0915. The Balaban J connectivity index is 1.62. The maximum Gasteiger partial charge on any atom is 0.227 e. The summed E-state index contributed by atoms with van der Waals surface area (Å²) in [5.41, 5.74) is 3.74. The molecule has 3 rings (SSSR count). The van der Waals surface area contributed by atoms with Crippen LogP contribution in [0.4, 0.5) is 5.69 Å². The van der Waals surface area contributed by atoms with E-state index in [1.54, 1.807) is 6.07 Å². The molecule has 0 saturated carbocycles. The molecule has 1 N–H and O–H groups in total. The molecule has 0 fully saturated rings. The number of hydrogen-bond acceptors (Lipinski definition) is 4. The van der Waals surface area contributed by atoms with E-state index in [2.05, 4.69) is 15.5 Å². The molecule has 3 aromatic rings. The molecule has 1 amide bonds. The molecule has 0 saturated heterocycles. The van der Waals surface area contributed by atoms with Crippen molar-refractivity contribution in [1.29, 1.82) is 0 Å². The predicted molar refractivity (Wildman–Crippen MR) is 97.6 cm³/mol. The molecule has 128 valence electrons. The zero-order valence-corrected chi connectivity index (χ0v) is 14.8. The Kier molecular flexibility index (Phi) is 5.14. The summed E-state index contributed by atoms with van der Waals surface area (Å²) < 4.78 is 5.22. The van der Waals surface area contributed by atoms with Gasteiger partial charge in [-0.05, 0) is 43.2 Å². The average molecular weight is 356 g/mol. The lowest BCUT2D eigenvalue weighted by atomic mass is 10.1. The highest BCUT2D eigenvalue weighted by Gasteiger charge is 2.13. The summed E-state index contributed by atoms with van der Waals surface area (Å²) in [6.45, 7) is 4.00. The third-order valence-electron chi connectivity index (χ3n) is 4.03. The van der Waals surface area contributed by atoms with Gasteiger partial charge in [0.2, 0.25) is 17.6 Å². The van der Waals surface area contributed by atoms with Crippen LogP contribution in [-0.2, 0) is 11.2 Å². The number of amides is 1. The van der Waals surface area contributed by atoms with E-state index in [-0.39, 0.29) is 12.3 Å². The van der Waals surface area contributed by atoms with Gasteiger partial charge in [-0.3, -0.25) is 4.79 Å². The molecule has 0 bridgehead atoms. The first-order valence-corrected chi connectivity index (χ1v) is 8.36. The van der Waals surface area contributed by atoms with Crippen molar-refractivity contribution in [2.75, 3.05) is 5.32 Å². The number of aromatic nitrogens is 2. The number of rotatable bonds is 5. The lowest BCUT2D eigenvalue weighted by Crippen LogP contribution is -2.13. The number of nitrogens with one attached hydrogen (secondary N) is 1. The Morgan fingerprint density at radius 1 is 1.16 bits per heavy atom. The number of hydrogen-bond donors (Lipinski definition) is 1. The molecule has 25 heavy (non-hydrogen) atoms. The average Bonchev–Trinajstić information content (AvgIpc) is 3.06. The maximum absolute atomic E-state index is 12.2. The summed E-state index contributed by atoms with van der Waals surface area (Å²) in [6, 6.07) is 13.1. The lowest BCUT2D eigenvalue weighted by Gasteiger charge is -2.09. The number of benzene rings is 2. The zero-order valence-electron chi connectivity index (χ0n) is 14.0. The Bertz CT molecular complexity index is 905. The Labute approximate surface area is 151 Å². The highest BCUT2D eigenvalue weighted by molar-refractivity contribution is 6.33. The van der Waals surface area contributed by atoms with Crippen LogP contribution in [0.25, 0.3) is 11.4 Å². The van der Waals surface area contributed by atoms with Crippen LogP contribution in [-0.4, -0.2) is 16.0 Å². The second-order valence-electron chi connectivity index (χ2n) is 5.79. The smallest absolute Gasteiger partial charge is 0.227 e. The van der Waals surface area contributed by atoms with E-state index in [0.29, 0.717) is 28.7 Å². The van der Waals surface area contributed by atoms with Crippen molar-refractivity contribution in [2.45, 2.75) is 26.7 Å². The van der Waals surface area contributed by atoms with Gasteiger partial charge in [-0.2, -0.15) is 4.98 Å². The topological polar surface area (TPSA) is 68.0 Å². The predicted octanol–water partition coefficient (Wildman–Crippen LogP) is 4.58. The molecule has 0 atom stereocenters. The van der Waals surface area contributed by atoms with Gasteiger partial charge < -0.3 is 9.84 Å². The first kappa shape index (κ1) is 17.2. The van der Waals surface area contributed by atoms with E-state index >= 15 is 0 Å². The van der Waals surface area contributed by atoms with Crippen molar-refractivity contribution in [3.05, 3.63) is 64.5 Å². The number of anilines is 1. The molecule has 0 unspecified atom stereocenters. The van der Waals surface area contributed by atoms with Gasteiger partial charge in [0.25, 0.3) is 0 Å². The van der Waals surface area contributed by atoms with Crippen LogP contribution in [0.3, 0.4) is 0 Å². The number of carbonyl (C=O) groups is 1. The minimum atomic E-state index is -0.0915. The van der Waals surface area contributed by atoms with Crippen LogP contribution < -0.4 is 5.32 Å². The van der Waals surface area contributed by atoms with E-state index in [1.807, 2.05) is 50.2 Å². The molecular formula is C19H18ClN3O2. The number of halogens is 1. The van der Waals surface area contributed by atoms with Gasteiger partial charge in [0, 0.05) is 24.1 Å². The van der Waals surface area contributed by atoms with Crippen LogP contribution in [0, 0.1) is 13.8 Å². The Hall–Kier alpha value is -2.66. The van der Waals surface area contributed by atoms with Gasteiger partial charge in [-0.15, -0.1) is 0 Å². The summed E-state index contributed by atoms with van der Waals surface area (Å²) in [4.78, 5) is 16.5. The molecule has 0 spiro atoms. The Morgan fingerprint density at radius 3 is 2.76 bits per heavy atom. The third kappa shape index (κ3) is 4.06. The van der Waals surface area contributed by atoms with Crippen molar-refractivity contribution in [3.8, 4) is 11.4 Å². The van der Waals surface area contributed by atoms with Gasteiger partial charge in [0.05, 0.1) is 5.02 Å². The SMILES string of the molecule is Cc1cccc(NC(=O)CCc2nc(-c3ccccc3Cl)no2)c1C. The number of carbonyl (C=O) groups excluding carboxylic acids is 1. The fraction of sp³-hybridized carbons (Fsp3) is 0.211. The number of aryl methyl sites for hydroxylation is 2. The second-order valence-corrected chi connectivity index (χ2v) is 6.19.